The fourth-order valence-corrected chi connectivity index (χ4v) is 2.17. The first-order chi connectivity index (χ1) is 7.29. The topological polar surface area (TPSA) is 26.0 Å². The van der Waals surface area contributed by atoms with Gasteiger partial charge in [-0.2, -0.15) is 0 Å². The highest BCUT2D eigenvalue weighted by atomic mass is 14.6. The minimum atomic E-state index is 0.317. The summed E-state index contributed by atoms with van der Waals surface area (Å²) in [6.45, 7) is 4.43. The van der Waals surface area contributed by atoms with Gasteiger partial charge in [-0.25, -0.2) is 0 Å². The third-order valence-electron chi connectivity index (χ3n) is 2.97. The van der Waals surface area contributed by atoms with Gasteiger partial charge in [-0.15, -0.1) is 0 Å². The quantitative estimate of drug-likeness (QED) is 0.753. The highest BCUT2D eigenvalue weighted by molar-refractivity contribution is 5.21. The number of rotatable bonds is 6. The first-order valence-corrected chi connectivity index (χ1v) is 6.10. The van der Waals surface area contributed by atoms with Crippen molar-refractivity contribution in [3.63, 3.8) is 0 Å². The van der Waals surface area contributed by atoms with Crippen molar-refractivity contribution < 1.29 is 0 Å². The van der Waals surface area contributed by atoms with Crippen LogP contribution in [0.2, 0.25) is 0 Å². The second-order valence-electron chi connectivity index (χ2n) is 4.26. The second kappa shape index (κ2) is 6.62. The van der Waals surface area contributed by atoms with Gasteiger partial charge in [0.05, 0.1) is 0 Å². The van der Waals surface area contributed by atoms with E-state index in [2.05, 4.69) is 44.2 Å². The average Bonchev–Trinajstić information content (AvgIpc) is 2.27. The van der Waals surface area contributed by atoms with Crippen LogP contribution in [0, 0.1) is 0 Å². The van der Waals surface area contributed by atoms with E-state index in [0.717, 1.165) is 6.42 Å². The molecule has 2 N–H and O–H groups in total. The van der Waals surface area contributed by atoms with E-state index in [1.165, 1.54) is 24.8 Å². The Balaban J connectivity index is 2.73. The van der Waals surface area contributed by atoms with Gasteiger partial charge < -0.3 is 5.73 Å². The summed E-state index contributed by atoms with van der Waals surface area (Å²) in [5.41, 5.74) is 7.65. The third-order valence-corrected chi connectivity index (χ3v) is 2.97. The van der Waals surface area contributed by atoms with Crippen LogP contribution in [0.4, 0.5) is 0 Å². The fraction of sp³-hybridized carbons (Fsp3) is 0.571. The molecule has 1 aromatic rings. The van der Waals surface area contributed by atoms with Crippen LogP contribution < -0.4 is 5.73 Å². The zero-order valence-electron chi connectivity index (χ0n) is 9.95. The standard InChI is InChI=1S/C14H23N/c1-3-8-13(14(15)9-4-2)12-10-6-5-7-11-12/h5-7,10-11,13-14H,3-4,8-9,15H2,1-2H3. The van der Waals surface area contributed by atoms with Gasteiger partial charge in [-0.05, 0) is 24.3 Å². The summed E-state index contributed by atoms with van der Waals surface area (Å²) in [6, 6.07) is 11.0. The Labute approximate surface area is 93.7 Å². The van der Waals surface area contributed by atoms with E-state index in [4.69, 9.17) is 5.73 Å². The van der Waals surface area contributed by atoms with Gasteiger partial charge in [-0.1, -0.05) is 57.0 Å². The Morgan fingerprint density at radius 1 is 1.00 bits per heavy atom. The number of nitrogens with two attached hydrogens (primary N) is 1. The zero-order chi connectivity index (χ0) is 11.1. The first-order valence-electron chi connectivity index (χ1n) is 6.10. The van der Waals surface area contributed by atoms with E-state index in [9.17, 15) is 0 Å². The second-order valence-corrected chi connectivity index (χ2v) is 4.26. The Bertz CT molecular complexity index is 255. The lowest BCUT2D eigenvalue weighted by Gasteiger charge is -2.23. The van der Waals surface area contributed by atoms with Gasteiger partial charge in [0.2, 0.25) is 0 Å². The van der Waals surface area contributed by atoms with Crippen molar-refractivity contribution in [2.45, 2.75) is 51.5 Å². The molecule has 0 saturated carbocycles. The molecular formula is C14H23N. The summed E-state index contributed by atoms with van der Waals surface area (Å²) < 4.78 is 0. The third kappa shape index (κ3) is 3.67. The molecule has 84 valence electrons. The van der Waals surface area contributed by atoms with Crippen molar-refractivity contribution in [1.29, 1.82) is 0 Å². The molecule has 1 rings (SSSR count). The van der Waals surface area contributed by atoms with Crippen molar-refractivity contribution >= 4 is 0 Å². The van der Waals surface area contributed by atoms with Crippen molar-refractivity contribution in [1.82, 2.24) is 0 Å². The molecule has 1 heteroatoms. The Morgan fingerprint density at radius 2 is 1.60 bits per heavy atom. The molecule has 2 atom stereocenters. The lowest BCUT2D eigenvalue weighted by molar-refractivity contribution is 0.465. The molecule has 2 unspecified atom stereocenters. The Morgan fingerprint density at radius 3 is 2.13 bits per heavy atom. The van der Waals surface area contributed by atoms with Crippen LogP contribution >= 0.6 is 0 Å². The van der Waals surface area contributed by atoms with E-state index < -0.39 is 0 Å². The first kappa shape index (κ1) is 12.3. The lowest BCUT2D eigenvalue weighted by Crippen LogP contribution is -2.28. The molecule has 0 heterocycles. The molecule has 0 amide bonds. The molecule has 0 aliphatic heterocycles. The molecule has 0 saturated heterocycles. The van der Waals surface area contributed by atoms with Crippen LogP contribution in [0.25, 0.3) is 0 Å². The largest absolute Gasteiger partial charge is 0.327 e. The van der Waals surface area contributed by atoms with Gasteiger partial charge in [-0.3, -0.25) is 0 Å². The normalized spacial score (nSPS) is 14.9. The van der Waals surface area contributed by atoms with Crippen molar-refractivity contribution in [2.75, 3.05) is 0 Å². The summed E-state index contributed by atoms with van der Waals surface area (Å²) in [6.07, 6.45) is 4.70. The molecule has 0 bridgehead atoms. The van der Waals surface area contributed by atoms with E-state index in [0.29, 0.717) is 12.0 Å². The highest BCUT2D eigenvalue weighted by Crippen LogP contribution is 2.25. The van der Waals surface area contributed by atoms with Crippen molar-refractivity contribution in [3.05, 3.63) is 35.9 Å². The molecule has 0 spiro atoms. The minimum absolute atomic E-state index is 0.317. The van der Waals surface area contributed by atoms with E-state index in [-0.39, 0.29) is 0 Å². The molecule has 0 aromatic heterocycles. The summed E-state index contributed by atoms with van der Waals surface area (Å²) in [7, 11) is 0. The van der Waals surface area contributed by atoms with Crippen LogP contribution in [-0.4, -0.2) is 6.04 Å². The molecule has 1 aromatic carbocycles. The molecule has 1 nitrogen and oxygen atoms in total. The number of hydrogen-bond acceptors (Lipinski definition) is 1. The molecule has 0 radical (unpaired) electrons. The monoisotopic (exact) mass is 205 g/mol. The maximum Gasteiger partial charge on any atom is 0.0108 e. The Hall–Kier alpha value is -0.820. The summed E-state index contributed by atoms with van der Waals surface area (Å²) >= 11 is 0. The maximum absolute atomic E-state index is 6.25. The van der Waals surface area contributed by atoms with Crippen LogP contribution in [0.3, 0.4) is 0 Å². The Kier molecular flexibility index (Phi) is 5.41. The van der Waals surface area contributed by atoms with E-state index >= 15 is 0 Å². The molecule has 0 aliphatic carbocycles. The van der Waals surface area contributed by atoms with E-state index in [1.54, 1.807) is 0 Å². The number of hydrogen-bond donors (Lipinski definition) is 1. The van der Waals surface area contributed by atoms with Crippen molar-refractivity contribution in [3.8, 4) is 0 Å². The van der Waals surface area contributed by atoms with Crippen molar-refractivity contribution in [2.24, 2.45) is 5.73 Å². The lowest BCUT2D eigenvalue weighted by atomic mass is 9.86. The predicted octanol–water partition coefficient (Wildman–Crippen LogP) is 3.70. The van der Waals surface area contributed by atoms with Crippen LogP contribution in [-0.2, 0) is 0 Å². The molecular weight excluding hydrogens is 182 g/mol. The van der Waals surface area contributed by atoms with Crippen LogP contribution in [0.1, 0.15) is 51.0 Å². The molecule has 15 heavy (non-hydrogen) atoms. The predicted molar refractivity (Wildman–Crippen MR) is 67.0 cm³/mol. The smallest absolute Gasteiger partial charge is 0.0108 e. The van der Waals surface area contributed by atoms with Gasteiger partial charge in [0.25, 0.3) is 0 Å². The summed E-state index contributed by atoms with van der Waals surface area (Å²) in [5, 5.41) is 0. The number of benzene rings is 1. The highest BCUT2D eigenvalue weighted by Gasteiger charge is 2.17. The van der Waals surface area contributed by atoms with E-state index in [1.807, 2.05) is 0 Å². The average molecular weight is 205 g/mol. The van der Waals surface area contributed by atoms with Gasteiger partial charge in [0.15, 0.2) is 0 Å². The molecule has 0 fully saturated rings. The SMILES string of the molecule is CCCC(N)C(CCC)c1ccccc1. The van der Waals surface area contributed by atoms with Gasteiger partial charge in [0, 0.05) is 6.04 Å². The van der Waals surface area contributed by atoms with Gasteiger partial charge in [0.1, 0.15) is 0 Å². The molecule has 0 aliphatic rings. The van der Waals surface area contributed by atoms with Crippen LogP contribution in [0.15, 0.2) is 30.3 Å². The summed E-state index contributed by atoms with van der Waals surface area (Å²) in [4.78, 5) is 0. The summed E-state index contributed by atoms with van der Waals surface area (Å²) in [5.74, 6) is 0.538. The van der Waals surface area contributed by atoms with Crippen LogP contribution in [0.5, 0.6) is 0 Å². The fourth-order valence-electron chi connectivity index (χ4n) is 2.17. The van der Waals surface area contributed by atoms with Gasteiger partial charge >= 0.3 is 0 Å². The zero-order valence-corrected chi connectivity index (χ0v) is 9.95. The maximum atomic E-state index is 6.25. The minimum Gasteiger partial charge on any atom is -0.327 e.